The molecule has 0 radical (unpaired) electrons. The van der Waals surface area contributed by atoms with E-state index in [0.29, 0.717) is 6.08 Å². The Morgan fingerprint density at radius 1 is 1.03 bits per heavy atom. The zero-order chi connectivity index (χ0) is 22.8. The van der Waals surface area contributed by atoms with Gasteiger partial charge < -0.3 is 5.11 Å². The zero-order valence-electron chi connectivity index (χ0n) is 14.2. The molecule has 164 valence electrons. The van der Waals surface area contributed by atoms with Crippen LogP contribution in [0.25, 0.3) is 0 Å². The largest absolute Gasteiger partial charge is 0.517 e. The van der Waals surface area contributed by atoms with Crippen molar-refractivity contribution >= 4 is 31.8 Å². The SMILES string of the molecule is CC(C)(C(=O)O)C1C=CN(S(=O)(=O)C(F)(F)F)c2ncn(S(=O)(=O)C(F)(F)F)c21. The standard InChI is InChI=1S/C12H11F6N3O6S2/c1-10(2,9(22)23)6-3-4-20(28(24,25)11(13,14)15)8-7(6)21(5-19-8)29(26,27)12(16,17)18/h3-6H,1-2H3,(H,22,23). The monoisotopic (exact) mass is 471 g/mol. The van der Waals surface area contributed by atoms with Crippen LogP contribution in [0.5, 0.6) is 0 Å². The van der Waals surface area contributed by atoms with Gasteiger partial charge in [-0.2, -0.15) is 43.2 Å². The van der Waals surface area contributed by atoms with E-state index in [9.17, 15) is 53.1 Å². The van der Waals surface area contributed by atoms with Crippen molar-refractivity contribution in [3.8, 4) is 0 Å². The first-order chi connectivity index (χ1) is 12.8. The lowest BCUT2D eigenvalue weighted by atomic mass is 9.76. The lowest BCUT2D eigenvalue weighted by Gasteiger charge is -2.34. The molecular formula is C12H11F6N3O6S2. The van der Waals surface area contributed by atoms with E-state index < -0.39 is 68.2 Å². The molecule has 17 heteroatoms. The van der Waals surface area contributed by atoms with Crippen molar-refractivity contribution in [2.75, 3.05) is 4.31 Å². The van der Waals surface area contributed by atoms with E-state index in [1.165, 1.54) is 0 Å². The number of carbonyl (C=O) groups is 1. The molecule has 1 aliphatic rings. The Kier molecular flexibility index (Phi) is 5.03. The summed E-state index contributed by atoms with van der Waals surface area (Å²) in [6.07, 6.45) is 0.770. The Hall–Kier alpha value is -2.30. The van der Waals surface area contributed by atoms with Gasteiger partial charge in [-0.05, 0) is 13.8 Å². The predicted octanol–water partition coefficient (Wildman–Crippen LogP) is 1.96. The van der Waals surface area contributed by atoms with Crippen LogP contribution in [0.2, 0.25) is 0 Å². The summed E-state index contributed by atoms with van der Waals surface area (Å²) >= 11 is 0. The van der Waals surface area contributed by atoms with E-state index >= 15 is 0 Å². The number of nitrogens with zero attached hydrogens (tertiary/aromatic N) is 3. The van der Waals surface area contributed by atoms with Crippen molar-refractivity contribution in [1.82, 2.24) is 8.96 Å². The van der Waals surface area contributed by atoms with E-state index in [1.54, 1.807) is 0 Å². The maximum Gasteiger partial charge on any atom is 0.517 e. The minimum absolute atomic E-state index is 0.0374. The van der Waals surface area contributed by atoms with Gasteiger partial charge in [0, 0.05) is 12.1 Å². The molecule has 2 rings (SSSR count). The Morgan fingerprint density at radius 2 is 1.52 bits per heavy atom. The predicted molar refractivity (Wildman–Crippen MR) is 83.4 cm³/mol. The van der Waals surface area contributed by atoms with Crippen LogP contribution in [0.15, 0.2) is 18.6 Å². The third-order valence-electron chi connectivity index (χ3n) is 4.10. The smallest absolute Gasteiger partial charge is 0.481 e. The number of aromatic nitrogens is 2. The van der Waals surface area contributed by atoms with Gasteiger partial charge in [0.05, 0.1) is 11.1 Å². The van der Waals surface area contributed by atoms with Gasteiger partial charge in [-0.15, -0.1) is 0 Å². The van der Waals surface area contributed by atoms with Gasteiger partial charge in [0.2, 0.25) is 0 Å². The maximum atomic E-state index is 13.0. The number of anilines is 1. The first-order valence-electron chi connectivity index (χ1n) is 7.19. The molecule has 9 nitrogen and oxygen atoms in total. The second kappa shape index (κ2) is 6.35. The molecule has 2 heterocycles. The molecule has 0 aliphatic carbocycles. The fraction of sp³-hybridized carbons (Fsp3) is 0.500. The molecule has 1 aromatic rings. The van der Waals surface area contributed by atoms with Crippen LogP contribution in [0, 0.1) is 5.41 Å². The molecule has 0 amide bonds. The summed E-state index contributed by atoms with van der Waals surface area (Å²) < 4.78 is 124. The third-order valence-corrected chi connectivity index (χ3v) is 6.89. The first-order valence-corrected chi connectivity index (χ1v) is 10.1. The molecule has 0 aromatic carbocycles. The van der Waals surface area contributed by atoms with E-state index in [0.717, 1.165) is 13.8 Å². The number of hydrogen-bond acceptors (Lipinski definition) is 6. The van der Waals surface area contributed by atoms with E-state index in [-0.39, 0.29) is 12.5 Å². The van der Waals surface area contributed by atoms with Crippen LogP contribution in [-0.2, 0) is 24.8 Å². The number of aliphatic carboxylic acids is 1. The molecule has 29 heavy (non-hydrogen) atoms. The molecule has 1 unspecified atom stereocenters. The number of fused-ring (bicyclic) bond motifs is 1. The minimum atomic E-state index is -6.27. The lowest BCUT2D eigenvalue weighted by Crippen LogP contribution is -2.42. The van der Waals surface area contributed by atoms with Crippen molar-refractivity contribution in [1.29, 1.82) is 0 Å². The summed E-state index contributed by atoms with van der Waals surface area (Å²) in [5, 5.41) is 9.32. The topological polar surface area (TPSA) is 127 Å². The van der Waals surface area contributed by atoms with Gasteiger partial charge in [0.15, 0.2) is 5.82 Å². The van der Waals surface area contributed by atoms with Crippen molar-refractivity contribution < 1.29 is 53.1 Å². The number of alkyl halides is 6. The number of rotatable bonds is 4. The van der Waals surface area contributed by atoms with E-state index in [1.807, 2.05) is 0 Å². The normalized spacial score (nSPS) is 18.6. The van der Waals surface area contributed by atoms with Crippen LogP contribution in [0.1, 0.15) is 25.5 Å². The summed E-state index contributed by atoms with van der Waals surface area (Å²) in [6.45, 7) is 1.92. The van der Waals surface area contributed by atoms with Crippen LogP contribution < -0.4 is 4.31 Å². The Balaban J connectivity index is 2.90. The highest BCUT2D eigenvalue weighted by Gasteiger charge is 2.55. The average molecular weight is 471 g/mol. The lowest BCUT2D eigenvalue weighted by molar-refractivity contribution is -0.147. The van der Waals surface area contributed by atoms with Crippen molar-refractivity contribution in [3.05, 3.63) is 24.3 Å². The third kappa shape index (κ3) is 3.34. The van der Waals surface area contributed by atoms with Gasteiger partial charge in [0.1, 0.15) is 6.33 Å². The Labute approximate surface area is 159 Å². The zero-order valence-corrected chi connectivity index (χ0v) is 15.9. The molecule has 1 atom stereocenters. The molecule has 0 fully saturated rings. The summed E-state index contributed by atoms with van der Waals surface area (Å²) in [5.74, 6) is -4.76. The number of halogens is 6. The second-order valence-corrected chi connectivity index (χ2v) is 9.91. The van der Waals surface area contributed by atoms with Crippen LogP contribution in [-0.4, -0.2) is 47.9 Å². The van der Waals surface area contributed by atoms with Gasteiger partial charge in [-0.3, -0.25) is 4.79 Å². The van der Waals surface area contributed by atoms with Crippen LogP contribution in [0.3, 0.4) is 0 Å². The summed E-state index contributed by atoms with van der Waals surface area (Å²) in [7, 11) is -12.5. The van der Waals surface area contributed by atoms with Gasteiger partial charge in [-0.1, -0.05) is 6.08 Å². The summed E-state index contributed by atoms with van der Waals surface area (Å²) in [5.41, 5.74) is -15.1. The van der Waals surface area contributed by atoms with E-state index in [2.05, 4.69) is 4.98 Å². The average Bonchev–Trinajstić information content (AvgIpc) is 2.96. The Morgan fingerprint density at radius 3 is 1.93 bits per heavy atom. The fourth-order valence-electron chi connectivity index (χ4n) is 2.43. The molecule has 0 saturated carbocycles. The second-order valence-electron chi connectivity index (χ2n) is 6.29. The van der Waals surface area contributed by atoms with Crippen molar-refractivity contribution in [2.24, 2.45) is 5.41 Å². The molecule has 1 N–H and O–H groups in total. The summed E-state index contributed by atoms with van der Waals surface area (Å²) in [4.78, 5) is 14.6. The quantitative estimate of drug-likeness (QED) is 0.665. The minimum Gasteiger partial charge on any atom is -0.481 e. The molecule has 1 aliphatic heterocycles. The van der Waals surface area contributed by atoms with Crippen LogP contribution >= 0.6 is 0 Å². The fourth-order valence-corrected chi connectivity index (χ4v) is 4.10. The van der Waals surface area contributed by atoms with Crippen molar-refractivity contribution in [3.63, 3.8) is 0 Å². The first kappa shape index (κ1) is 23.0. The number of carboxylic acids is 1. The number of allylic oxidation sites excluding steroid dienone is 1. The number of hydrogen-bond donors (Lipinski definition) is 1. The highest BCUT2D eigenvalue weighted by atomic mass is 32.2. The van der Waals surface area contributed by atoms with E-state index in [4.69, 9.17) is 0 Å². The highest BCUT2D eigenvalue weighted by Crippen LogP contribution is 2.47. The number of imidazole rings is 1. The maximum absolute atomic E-state index is 13.0. The van der Waals surface area contributed by atoms with Gasteiger partial charge in [-0.25, -0.2) is 13.3 Å². The van der Waals surface area contributed by atoms with Gasteiger partial charge >= 0.3 is 37.0 Å². The number of carboxylic acid groups (broad SMARTS) is 1. The van der Waals surface area contributed by atoms with Gasteiger partial charge in [0.25, 0.3) is 0 Å². The molecule has 1 aromatic heterocycles. The number of sulfonamides is 1. The van der Waals surface area contributed by atoms with Crippen LogP contribution in [0.4, 0.5) is 32.2 Å². The molecule has 0 spiro atoms. The molecule has 0 bridgehead atoms. The molecule has 0 saturated heterocycles. The summed E-state index contributed by atoms with van der Waals surface area (Å²) in [6, 6.07) is 0. The Bertz CT molecular complexity index is 1080. The molecular weight excluding hydrogens is 460 g/mol. The highest BCUT2D eigenvalue weighted by molar-refractivity contribution is 7.93. The van der Waals surface area contributed by atoms with Crippen molar-refractivity contribution in [2.45, 2.75) is 30.8 Å².